The maximum atomic E-state index is 13.0. The lowest BCUT2D eigenvalue weighted by Crippen LogP contribution is -2.34. The predicted molar refractivity (Wildman–Crippen MR) is 92.2 cm³/mol. The van der Waals surface area contributed by atoms with Gasteiger partial charge in [0.2, 0.25) is 5.91 Å². The SMILES string of the molecule is CC(C)NC(=O)CCNC(=O)c1ccc(=O)n(-c2ccc(F)cc2)c1. The second-order valence-corrected chi connectivity index (χ2v) is 5.83. The van der Waals surface area contributed by atoms with Crippen LogP contribution in [0.5, 0.6) is 0 Å². The molecule has 1 heterocycles. The second kappa shape index (κ2) is 8.23. The van der Waals surface area contributed by atoms with E-state index in [9.17, 15) is 18.8 Å². The van der Waals surface area contributed by atoms with Crippen LogP contribution in [0.1, 0.15) is 30.6 Å². The molecule has 132 valence electrons. The van der Waals surface area contributed by atoms with Gasteiger partial charge in [0.25, 0.3) is 11.5 Å². The molecule has 2 amide bonds. The molecule has 0 aliphatic carbocycles. The molecule has 1 aromatic carbocycles. The van der Waals surface area contributed by atoms with E-state index in [2.05, 4.69) is 10.6 Å². The highest BCUT2D eigenvalue weighted by Gasteiger charge is 2.10. The van der Waals surface area contributed by atoms with Gasteiger partial charge in [0.1, 0.15) is 5.82 Å². The van der Waals surface area contributed by atoms with Crippen LogP contribution in [-0.4, -0.2) is 29.0 Å². The largest absolute Gasteiger partial charge is 0.354 e. The van der Waals surface area contributed by atoms with Crippen LogP contribution in [0.4, 0.5) is 4.39 Å². The third-order valence-electron chi connectivity index (χ3n) is 3.37. The fraction of sp³-hybridized carbons (Fsp3) is 0.278. The predicted octanol–water partition coefficient (Wildman–Crippen LogP) is 1.62. The Bertz CT molecular complexity index is 813. The van der Waals surface area contributed by atoms with Crippen molar-refractivity contribution in [3.63, 3.8) is 0 Å². The van der Waals surface area contributed by atoms with Gasteiger partial charge >= 0.3 is 0 Å². The molecule has 7 heteroatoms. The first kappa shape index (κ1) is 18.4. The van der Waals surface area contributed by atoms with Crippen LogP contribution < -0.4 is 16.2 Å². The zero-order chi connectivity index (χ0) is 18.4. The number of hydrogen-bond donors (Lipinski definition) is 2. The van der Waals surface area contributed by atoms with Crippen molar-refractivity contribution in [2.24, 2.45) is 0 Å². The molecule has 0 radical (unpaired) electrons. The van der Waals surface area contributed by atoms with E-state index in [-0.39, 0.29) is 36.0 Å². The minimum absolute atomic E-state index is 0.0440. The first-order valence-corrected chi connectivity index (χ1v) is 7.93. The summed E-state index contributed by atoms with van der Waals surface area (Å²) in [6.07, 6.45) is 1.56. The summed E-state index contributed by atoms with van der Waals surface area (Å²) < 4.78 is 14.3. The summed E-state index contributed by atoms with van der Waals surface area (Å²) in [5, 5.41) is 5.37. The molecule has 0 bridgehead atoms. The van der Waals surface area contributed by atoms with Crippen LogP contribution in [0.25, 0.3) is 5.69 Å². The Morgan fingerprint density at radius 1 is 1.12 bits per heavy atom. The Morgan fingerprint density at radius 3 is 2.44 bits per heavy atom. The summed E-state index contributed by atoms with van der Waals surface area (Å²) in [5.74, 6) is -0.954. The molecule has 2 aromatic rings. The summed E-state index contributed by atoms with van der Waals surface area (Å²) in [4.78, 5) is 35.7. The number of halogens is 1. The molecule has 0 spiro atoms. The van der Waals surface area contributed by atoms with Crippen molar-refractivity contribution < 1.29 is 14.0 Å². The molecule has 2 rings (SSSR count). The number of hydrogen-bond acceptors (Lipinski definition) is 3. The Balaban J connectivity index is 2.06. The average Bonchev–Trinajstić information content (AvgIpc) is 2.55. The number of amides is 2. The summed E-state index contributed by atoms with van der Waals surface area (Å²) in [6, 6.07) is 8.10. The third kappa shape index (κ3) is 5.27. The van der Waals surface area contributed by atoms with Crippen molar-refractivity contribution in [2.75, 3.05) is 6.54 Å². The van der Waals surface area contributed by atoms with Gasteiger partial charge in [0.05, 0.1) is 5.56 Å². The van der Waals surface area contributed by atoms with Crippen molar-refractivity contribution >= 4 is 11.8 Å². The van der Waals surface area contributed by atoms with E-state index in [1.807, 2.05) is 13.8 Å². The van der Waals surface area contributed by atoms with Crippen molar-refractivity contribution in [3.8, 4) is 5.69 Å². The fourth-order valence-electron chi connectivity index (χ4n) is 2.21. The van der Waals surface area contributed by atoms with E-state index in [1.165, 1.54) is 47.2 Å². The Morgan fingerprint density at radius 2 is 1.80 bits per heavy atom. The maximum Gasteiger partial charge on any atom is 0.255 e. The van der Waals surface area contributed by atoms with E-state index in [0.717, 1.165) is 0 Å². The van der Waals surface area contributed by atoms with Gasteiger partial charge in [-0.3, -0.25) is 19.0 Å². The Hall–Kier alpha value is -2.96. The summed E-state index contributed by atoms with van der Waals surface area (Å²) >= 11 is 0. The number of nitrogens with zero attached hydrogens (tertiary/aromatic N) is 1. The molecule has 0 saturated heterocycles. The number of carbonyl (C=O) groups is 2. The monoisotopic (exact) mass is 345 g/mol. The molecule has 0 saturated carbocycles. The molecule has 0 fully saturated rings. The van der Waals surface area contributed by atoms with Crippen molar-refractivity contribution in [2.45, 2.75) is 26.3 Å². The zero-order valence-corrected chi connectivity index (χ0v) is 14.1. The highest BCUT2D eigenvalue weighted by molar-refractivity contribution is 5.94. The van der Waals surface area contributed by atoms with Crippen LogP contribution in [0.15, 0.2) is 47.4 Å². The molecular weight excluding hydrogens is 325 g/mol. The molecular formula is C18H20FN3O3. The van der Waals surface area contributed by atoms with Gasteiger partial charge in [0.15, 0.2) is 0 Å². The first-order valence-electron chi connectivity index (χ1n) is 7.93. The smallest absolute Gasteiger partial charge is 0.255 e. The molecule has 2 N–H and O–H groups in total. The van der Waals surface area contributed by atoms with E-state index in [1.54, 1.807) is 0 Å². The number of carbonyl (C=O) groups excluding carboxylic acids is 2. The zero-order valence-electron chi connectivity index (χ0n) is 14.1. The molecule has 6 nitrogen and oxygen atoms in total. The van der Waals surface area contributed by atoms with Crippen LogP contribution in [-0.2, 0) is 4.79 Å². The third-order valence-corrected chi connectivity index (χ3v) is 3.37. The minimum Gasteiger partial charge on any atom is -0.354 e. The van der Waals surface area contributed by atoms with Crippen molar-refractivity contribution in [1.29, 1.82) is 0 Å². The van der Waals surface area contributed by atoms with Crippen LogP contribution in [0.2, 0.25) is 0 Å². The van der Waals surface area contributed by atoms with E-state index in [4.69, 9.17) is 0 Å². The number of rotatable bonds is 6. The lowest BCUT2D eigenvalue weighted by atomic mass is 10.2. The quantitative estimate of drug-likeness (QED) is 0.835. The van der Waals surface area contributed by atoms with Gasteiger partial charge in [-0.2, -0.15) is 0 Å². The topological polar surface area (TPSA) is 80.2 Å². The summed E-state index contributed by atoms with van der Waals surface area (Å²) in [6.45, 7) is 3.90. The van der Waals surface area contributed by atoms with Crippen molar-refractivity contribution in [1.82, 2.24) is 15.2 Å². The number of benzene rings is 1. The number of aromatic nitrogens is 1. The molecule has 0 aliphatic rings. The fourth-order valence-corrected chi connectivity index (χ4v) is 2.21. The Kier molecular flexibility index (Phi) is 6.05. The molecule has 0 aliphatic heterocycles. The Labute approximate surface area is 144 Å². The van der Waals surface area contributed by atoms with E-state index in [0.29, 0.717) is 5.69 Å². The standard InChI is InChI=1S/C18H20FN3O3/c1-12(2)21-16(23)9-10-20-18(25)13-3-8-17(24)22(11-13)15-6-4-14(19)5-7-15/h3-8,11-12H,9-10H2,1-2H3,(H,20,25)(H,21,23). The number of nitrogens with one attached hydrogen (secondary N) is 2. The van der Waals surface area contributed by atoms with Gasteiger partial charge in [-0.1, -0.05) is 0 Å². The highest BCUT2D eigenvalue weighted by atomic mass is 19.1. The highest BCUT2D eigenvalue weighted by Crippen LogP contribution is 2.08. The van der Waals surface area contributed by atoms with Gasteiger partial charge in [0, 0.05) is 37.0 Å². The maximum absolute atomic E-state index is 13.0. The summed E-state index contributed by atoms with van der Waals surface area (Å²) in [5.41, 5.74) is 0.394. The van der Waals surface area contributed by atoms with E-state index >= 15 is 0 Å². The van der Waals surface area contributed by atoms with Gasteiger partial charge < -0.3 is 10.6 Å². The van der Waals surface area contributed by atoms with Gasteiger partial charge in [-0.15, -0.1) is 0 Å². The average molecular weight is 345 g/mol. The van der Waals surface area contributed by atoms with Gasteiger partial charge in [-0.05, 0) is 44.2 Å². The molecule has 0 unspecified atom stereocenters. The van der Waals surface area contributed by atoms with Crippen molar-refractivity contribution in [3.05, 3.63) is 64.3 Å². The minimum atomic E-state index is -0.412. The van der Waals surface area contributed by atoms with Crippen LogP contribution in [0, 0.1) is 5.82 Å². The molecule has 0 atom stereocenters. The van der Waals surface area contributed by atoms with E-state index < -0.39 is 11.7 Å². The van der Waals surface area contributed by atoms with Crippen LogP contribution >= 0.6 is 0 Å². The molecule has 25 heavy (non-hydrogen) atoms. The van der Waals surface area contributed by atoms with Crippen LogP contribution in [0.3, 0.4) is 0 Å². The molecule has 1 aromatic heterocycles. The normalized spacial score (nSPS) is 10.6. The number of pyridine rings is 1. The lowest BCUT2D eigenvalue weighted by Gasteiger charge is -2.10. The first-order chi connectivity index (χ1) is 11.9. The second-order valence-electron chi connectivity index (χ2n) is 5.83. The lowest BCUT2D eigenvalue weighted by molar-refractivity contribution is -0.121. The van der Waals surface area contributed by atoms with Gasteiger partial charge in [-0.25, -0.2) is 4.39 Å². The summed E-state index contributed by atoms with van der Waals surface area (Å²) in [7, 11) is 0.